The van der Waals surface area contributed by atoms with Crippen LogP contribution < -0.4 is 10.6 Å². The molecule has 3 rings (SSSR count). The Bertz CT molecular complexity index is 534. The van der Waals surface area contributed by atoms with Gasteiger partial charge in [-0.3, -0.25) is 9.69 Å². The summed E-state index contributed by atoms with van der Waals surface area (Å²) < 4.78 is 0. The number of nitrogens with two attached hydrogens (primary N) is 1. The maximum atomic E-state index is 12.8. The molecule has 0 aromatic heterocycles. The van der Waals surface area contributed by atoms with Crippen LogP contribution in [0, 0.1) is 5.92 Å². The van der Waals surface area contributed by atoms with Crippen LogP contribution in [0.4, 0.5) is 11.4 Å². The highest BCUT2D eigenvalue weighted by Gasteiger charge is 2.33. The van der Waals surface area contributed by atoms with E-state index in [0.29, 0.717) is 11.9 Å². The highest BCUT2D eigenvalue weighted by molar-refractivity contribution is 5.80. The lowest BCUT2D eigenvalue weighted by Crippen LogP contribution is -2.52. The fourth-order valence-electron chi connectivity index (χ4n) is 3.60. The number of piperazine rings is 1. The van der Waals surface area contributed by atoms with E-state index in [0.717, 1.165) is 51.4 Å². The number of carbonyl (C=O) groups excluding carboxylic acids is 1. The molecule has 0 aliphatic carbocycles. The first-order valence-corrected chi connectivity index (χ1v) is 8.68. The summed E-state index contributed by atoms with van der Waals surface area (Å²) in [5, 5.41) is 0. The molecule has 0 unspecified atom stereocenters. The number of nitrogen functional groups attached to an aromatic ring is 1. The highest BCUT2D eigenvalue weighted by Crippen LogP contribution is 2.26. The summed E-state index contributed by atoms with van der Waals surface area (Å²) in [7, 11) is 0. The molecular formula is C18H28N4O. The molecule has 1 aromatic carbocycles. The molecule has 2 N–H and O–H groups in total. The number of amides is 1. The fraction of sp³-hybridized carbons (Fsp3) is 0.611. The third-order valence-electron chi connectivity index (χ3n) is 5.15. The van der Waals surface area contributed by atoms with E-state index in [1.165, 1.54) is 5.69 Å². The summed E-state index contributed by atoms with van der Waals surface area (Å²) in [4.78, 5) is 19.6. The van der Waals surface area contributed by atoms with E-state index in [1.807, 2.05) is 24.3 Å². The van der Waals surface area contributed by atoms with Gasteiger partial charge in [-0.05, 0) is 44.5 Å². The van der Waals surface area contributed by atoms with Crippen LogP contribution in [-0.2, 0) is 4.79 Å². The topological polar surface area (TPSA) is 52.8 Å². The maximum Gasteiger partial charge on any atom is 0.227 e. The zero-order valence-electron chi connectivity index (χ0n) is 14.2. The van der Waals surface area contributed by atoms with Crippen LogP contribution in [0.5, 0.6) is 0 Å². The zero-order valence-corrected chi connectivity index (χ0v) is 14.2. The van der Waals surface area contributed by atoms with Crippen molar-refractivity contribution in [2.75, 3.05) is 49.9 Å². The summed E-state index contributed by atoms with van der Waals surface area (Å²) >= 11 is 0. The highest BCUT2D eigenvalue weighted by atomic mass is 16.2. The van der Waals surface area contributed by atoms with Gasteiger partial charge in [-0.2, -0.15) is 0 Å². The van der Waals surface area contributed by atoms with E-state index in [4.69, 9.17) is 5.73 Å². The molecule has 0 spiro atoms. The van der Waals surface area contributed by atoms with E-state index >= 15 is 0 Å². The van der Waals surface area contributed by atoms with Crippen molar-refractivity contribution in [1.29, 1.82) is 0 Å². The van der Waals surface area contributed by atoms with E-state index in [1.54, 1.807) is 0 Å². The third-order valence-corrected chi connectivity index (χ3v) is 5.15. The maximum absolute atomic E-state index is 12.8. The van der Waals surface area contributed by atoms with Gasteiger partial charge in [0, 0.05) is 56.7 Å². The molecule has 126 valence electrons. The first kappa shape index (κ1) is 16.1. The van der Waals surface area contributed by atoms with Gasteiger partial charge in [0.2, 0.25) is 5.91 Å². The molecule has 1 aromatic rings. The smallest absolute Gasteiger partial charge is 0.227 e. The number of anilines is 2. The quantitative estimate of drug-likeness (QED) is 0.862. The minimum atomic E-state index is 0.137. The van der Waals surface area contributed by atoms with Gasteiger partial charge in [-0.25, -0.2) is 0 Å². The van der Waals surface area contributed by atoms with Crippen LogP contribution in [-0.4, -0.2) is 61.0 Å². The second-order valence-electron chi connectivity index (χ2n) is 6.98. The fourth-order valence-corrected chi connectivity index (χ4v) is 3.60. The molecule has 1 amide bonds. The monoisotopic (exact) mass is 316 g/mol. The second kappa shape index (κ2) is 6.79. The normalized spacial score (nSPS) is 22.8. The van der Waals surface area contributed by atoms with Gasteiger partial charge in [-0.15, -0.1) is 0 Å². The molecule has 2 aliphatic heterocycles. The van der Waals surface area contributed by atoms with Crippen LogP contribution in [0.15, 0.2) is 24.3 Å². The van der Waals surface area contributed by atoms with Gasteiger partial charge in [-0.1, -0.05) is 0 Å². The summed E-state index contributed by atoms with van der Waals surface area (Å²) in [5.41, 5.74) is 7.69. The number of hydrogen-bond acceptors (Lipinski definition) is 4. The van der Waals surface area contributed by atoms with Crippen molar-refractivity contribution < 1.29 is 4.79 Å². The van der Waals surface area contributed by atoms with Crippen molar-refractivity contribution in [3.05, 3.63) is 24.3 Å². The Hall–Kier alpha value is -1.75. The molecule has 2 heterocycles. The SMILES string of the molecule is CC(C)N1CCN(C(=O)[C@H]2CCN(c3ccc(N)cc3)C2)CC1. The number of rotatable bonds is 3. The molecule has 0 radical (unpaired) electrons. The Labute approximate surface area is 139 Å². The van der Waals surface area contributed by atoms with Crippen LogP contribution in [0.2, 0.25) is 0 Å². The molecule has 0 bridgehead atoms. The molecule has 2 saturated heterocycles. The minimum absolute atomic E-state index is 0.137. The standard InChI is InChI=1S/C18H28N4O/c1-14(2)20-9-11-21(12-10-20)18(23)15-7-8-22(13-15)17-5-3-16(19)4-6-17/h3-6,14-15H,7-13,19H2,1-2H3/t15-/m0/s1. The molecule has 23 heavy (non-hydrogen) atoms. The largest absolute Gasteiger partial charge is 0.399 e. The molecule has 2 fully saturated rings. The van der Waals surface area contributed by atoms with Gasteiger partial charge >= 0.3 is 0 Å². The van der Waals surface area contributed by atoms with Gasteiger partial charge in [0.05, 0.1) is 5.92 Å². The van der Waals surface area contributed by atoms with Crippen molar-refractivity contribution in [2.24, 2.45) is 5.92 Å². The lowest BCUT2D eigenvalue weighted by molar-refractivity contribution is -0.136. The summed E-state index contributed by atoms with van der Waals surface area (Å²) in [6.45, 7) is 9.96. The minimum Gasteiger partial charge on any atom is -0.399 e. The Balaban J connectivity index is 1.54. The van der Waals surface area contributed by atoms with Crippen molar-refractivity contribution >= 4 is 17.3 Å². The first-order valence-electron chi connectivity index (χ1n) is 8.68. The number of hydrogen-bond donors (Lipinski definition) is 1. The van der Waals surface area contributed by atoms with Gasteiger partial charge in [0.25, 0.3) is 0 Å². The number of benzene rings is 1. The second-order valence-corrected chi connectivity index (χ2v) is 6.98. The van der Waals surface area contributed by atoms with Gasteiger partial charge in [0.15, 0.2) is 0 Å². The average molecular weight is 316 g/mol. The average Bonchev–Trinajstić information content (AvgIpc) is 3.05. The molecule has 2 aliphatic rings. The van der Waals surface area contributed by atoms with Crippen molar-refractivity contribution in [3.8, 4) is 0 Å². The van der Waals surface area contributed by atoms with Gasteiger partial charge in [0.1, 0.15) is 0 Å². The first-order chi connectivity index (χ1) is 11.0. The van der Waals surface area contributed by atoms with Crippen LogP contribution >= 0.6 is 0 Å². The van der Waals surface area contributed by atoms with Crippen LogP contribution in [0.25, 0.3) is 0 Å². The Kier molecular flexibility index (Phi) is 4.76. The zero-order chi connectivity index (χ0) is 16.4. The van der Waals surface area contributed by atoms with E-state index in [9.17, 15) is 4.79 Å². The molecular weight excluding hydrogens is 288 g/mol. The third kappa shape index (κ3) is 3.61. The molecule has 5 heteroatoms. The van der Waals surface area contributed by atoms with Crippen molar-refractivity contribution in [3.63, 3.8) is 0 Å². The molecule has 0 saturated carbocycles. The van der Waals surface area contributed by atoms with E-state index < -0.39 is 0 Å². The van der Waals surface area contributed by atoms with Gasteiger partial charge < -0.3 is 15.5 Å². The summed E-state index contributed by atoms with van der Waals surface area (Å²) in [6.07, 6.45) is 0.952. The molecule has 1 atom stereocenters. The predicted molar refractivity (Wildman–Crippen MR) is 94.5 cm³/mol. The summed E-state index contributed by atoms with van der Waals surface area (Å²) in [5.74, 6) is 0.476. The predicted octanol–water partition coefficient (Wildman–Crippen LogP) is 1.65. The van der Waals surface area contributed by atoms with Crippen LogP contribution in [0.3, 0.4) is 0 Å². The van der Waals surface area contributed by atoms with E-state index in [-0.39, 0.29) is 5.92 Å². The number of nitrogens with zero attached hydrogens (tertiary/aromatic N) is 3. The lowest BCUT2D eigenvalue weighted by Gasteiger charge is -2.37. The Morgan fingerprint density at radius 3 is 2.35 bits per heavy atom. The van der Waals surface area contributed by atoms with Crippen LogP contribution in [0.1, 0.15) is 20.3 Å². The van der Waals surface area contributed by atoms with Crippen molar-refractivity contribution in [1.82, 2.24) is 9.80 Å². The summed E-state index contributed by atoms with van der Waals surface area (Å²) in [6, 6.07) is 8.51. The van der Waals surface area contributed by atoms with E-state index in [2.05, 4.69) is 28.5 Å². The molecule has 5 nitrogen and oxygen atoms in total. The Morgan fingerprint density at radius 2 is 1.74 bits per heavy atom. The Morgan fingerprint density at radius 1 is 1.09 bits per heavy atom. The number of carbonyl (C=O) groups is 1. The lowest BCUT2D eigenvalue weighted by atomic mass is 10.1. The van der Waals surface area contributed by atoms with Crippen molar-refractivity contribution in [2.45, 2.75) is 26.3 Å².